The van der Waals surface area contributed by atoms with Crippen molar-refractivity contribution in [3.05, 3.63) is 71.4 Å². The first-order valence-electron chi connectivity index (χ1n) is 11.4. The second kappa shape index (κ2) is 9.17. The maximum Gasteiger partial charge on any atom is 0.293 e. The number of likely N-dealkylation sites (tertiary alicyclic amines) is 1. The van der Waals surface area contributed by atoms with Crippen LogP contribution in [0.4, 0.5) is 0 Å². The number of carbonyl (C=O) groups is 1. The number of amides is 1. The van der Waals surface area contributed by atoms with E-state index in [2.05, 4.69) is 15.2 Å². The van der Waals surface area contributed by atoms with Gasteiger partial charge < -0.3 is 18.6 Å². The van der Waals surface area contributed by atoms with Crippen LogP contribution in [0.2, 0.25) is 0 Å². The van der Waals surface area contributed by atoms with E-state index in [0.717, 1.165) is 47.6 Å². The smallest absolute Gasteiger partial charge is 0.293 e. The van der Waals surface area contributed by atoms with Crippen LogP contribution in [-0.4, -0.2) is 44.4 Å². The van der Waals surface area contributed by atoms with Crippen LogP contribution in [0.5, 0.6) is 5.75 Å². The van der Waals surface area contributed by atoms with Gasteiger partial charge in [-0.2, -0.15) is 5.10 Å². The van der Waals surface area contributed by atoms with Gasteiger partial charge in [-0.25, -0.2) is 4.98 Å². The average Bonchev–Trinajstić information content (AvgIpc) is 3.59. The molecule has 1 fully saturated rings. The quantitative estimate of drug-likeness (QED) is 0.421. The Labute approximate surface area is 197 Å². The number of hydrogen-bond donors (Lipinski definition) is 0. The topological polar surface area (TPSA) is 99.4 Å². The van der Waals surface area contributed by atoms with Gasteiger partial charge in [0.2, 0.25) is 11.7 Å². The average molecular weight is 462 g/mol. The first-order chi connectivity index (χ1) is 16.5. The minimum atomic E-state index is -0.249. The summed E-state index contributed by atoms with van der Waals surface area (Å²) in [5.74, 6) is 2.06. The van der Waals surface area contributed by atoms with Crippen molar-refractivity contribution in [2.75, 3.05) is 13.7 Å². The van der Waals surface area contributed by atoms with E-state index in [1.54, 1.807) is 29.0 Å². The summed E-state index contributed by atoms with van der Waals surface area (Å²) < 4.78 is 18.7. The Morgan fingerprint density at radius 2 is 2.12 bits per heavy atom. The van der Waals surface area contributed by atoms with E-state index >= 15 is 0 Å². The molecule has 1 aliphatic heterocycles. The molecule has 0 unspecified atom stereocenters. The highest BCUT2D eigenvalue weighted by Crippen LogP contribution is 2.33. The maximum absolute atomic E-state index is 13.4. The number of benzene rings is 1. The fourth-order valence-electron chi connectivity index (χ4n) is 4.52. The molecule has 34 heavy (non-hydrogen) atoms. The van der Waals surface area contributed by atoms with Crippen molar-refractivity contribution in [1.29, 1.82) is 0 Å². The summed E-state index contributed by atoms with van der Waals surface area (Å²) in [5, 5.41) is 8.45. The van der Waals surface area contributed by atoms with Gasteiger partial charge >= 0.3 is 0 Å². The number of aryl methyl sites for hydroxylation is 2. The molecule has 1 aliphatic rings. The molecular formula is C25H27N5O4. The van der Waals surface area contributed by atoms with Gasteiger partial charge in [-0.05, 0) is 32.3 Å². The number of ether oxygens (including phenoxy) is 1. The molecule has 4 heterocycles. The number of rotatable bonds is 6. The second-order valence-electron chi connectivity index (χ2n) is 8.54. The zero-order valence-corrected chi connectivity index (χ0v) is 19.5. The van der Waals surface area contributed by atoms with Crippen LogP contribution in [-0.2, 0) is 13.5 Å². The van der Waals surface area contributed by atoms with Crippen LogP contribution in [0.25, 0.3) is 11.3 Å². The fourth-order valence-corrected chi connectivity index (χ4v) is 4.52. The van der Waals surface area contributed by atoms with E-state index in [1.807, 2.05) is 44.4 Å². The molecular weight excluding hydrogens is 434 g/mol. The monoisotopic (exact) mass is 461 g/mol. The normalized spacial score (nSPS) is 16.1. The molecule has 0 spiro atoms. The second-order valence-corrected chi connectivity index (χ2v) is 8.54. The summed E-state index contributed by atoms with van der Waals surface area (Å²) >= 11 is 0. The predicted molar refractivity (Wildman–Crippen MR) is 123 cm³/mol. The summed E-state index contributed by atoms with van der Waals surface area (Å²) in [4.78, 5) is 19.7. The lowest BCUT2D eigenvalue weighted by molar-refractivity contribution is 0.0528. The molecule has 9 heteroatoms. The van der Waals surface area contributed by atoms with Gasteiger partial charge in [0, 0.05) is 43.4 Å². The highest BCUT2D eigenvalue weighted by atomic mass is 16.5. The number of oxazole rings is 1. The van der Waals surface area contributed by atoms with Crippen LogP contribution in [0.3, 0.4) is 0 Å². The maximum atomic E-state index is 13.4. The molecule has 0 bridgehead atoms. The largest absolute Gasteiger partial charge is 0.496 e. The third kappa shape index (κ3) is 4.21. The van der Waals surface area contributed by atoms with Crippen molar-refractivity contribution in [1.82, 2.24) is 24.8 Å². The molecule has 4 aromatic rings. The van der Waals surface area contributed by atoms with Gasteiger partial charge in [-0.15, -0.1) is 0 Å². The molecule has 9 nitrogen and oxygen atoms in total. The fraction of sp³-hybridized carbons (Fsp3) is 0.360. The molecule has 1 atom stereocenters. The molecule has 176 valence electrons. The minimum Gasteiger partial charge on any atom is -0.496 e. The molecule has 0 aliphatic carbocycles. The number of aromatic nitrogens is 4. The van der Waals surface area contributed by atoms with Gasteiger partial charge in [-0.3, -0.25) is 9.48 Å². The van der Waals surface area contributed by atoms with Crippen LogP contribution in [0, 0.1) is 6.92 Å². The van der Waals surface area contributed by atoms with E-state index in [-0.39, 0.29) is 17.7 Å². The Morgan fingerprint density at radius 1 is 1.26 bits per heavy atom. The summed E-state index contributed by atoms with van der Waals surface area (Å²) in [5.41, 5.74) is 3.28. The molecule has 1 aromatic carbocycles. The molecule has 3 aromatic heterocycles. The van der Waals surface area contributed by atoms with Crippen LogP contribution in [0.15, 0.2) is 51.7 Å². The molecule has 5 rings (SSSR count). The highest BCUT2D eigenvalue weighted by molar-refractivity contribution is 5.92. The third-order valence-corrected chi connectivity index (χ3v) is 6.19. The third-order valence-electron chi connectivity index (χ3n) is 6.19. The van der Waals surface area contributed by atoms with Crippen LogP contribution >= 0.6 is 0 Å². The van der Waals surface area contributed by atoms with E-state index in [9.17, 15) is 4.79 Å². The summed E-state index contributed by atoms with van der Waals surface area (Å²) in [6.07, 6.45) is 6.85. The Balaban J connectivity index is 1.36. The van der Waals surface area contributed by atoms with Crippen LogP contribution in [0.1, 0.15) is 58.8 Å². The van der Waals surface area contributed by atoms with Gasteiger partial charge in [0.15, 0.2) is 0 Å². The van der Waals surface area contributed by atoms with E-state index in [1.165, 1.54) is 0 Å². The van der Waals surface area contributed by atoms with Gasteiger partial charge in [0.25, 0.3) is 5.91 Å². The van der Waals surface area contributed by atoms with Crippen molar-refractivity contribution < 1.29 is 18.5 Å². The summed E-state index contributed by atoms with van der Waals surface area (Å²) in [7, 11) is 3.50. The predicted octanol–water partition coefficient (Wildman–Crippen LogP) is 4.34. The first-order valence-corrected chi connectivity index (χ1v) is 11.4. The van der Waals surface area contributed by atoms with Crippen molar-refractivity contribution >= 4 is 5.91 Å². The van der Waals surface area contributed by atoms with Crippen molar-refractivity contribution in [3.63, 3.8) is 0 Å². The number of para-hydroxylation sites is 1. The SMILES string of the molecule is COc1ccccc1Cc1cnc([C@H]2CCCCN2C(=O)c2cc(-c3cn(C)nc3C)no2)o1. The summed E-state index contributed by atoms with van der Waals surface area (Å²) in [6, 6.07) is 9.26. The number of piperidine rings is 1. The number of methoxy groups -OCH3 is 1. The molecule has 0 radical (unpaired) electrons. The van der Waals surface area contributed by atoms with Gasteiger partial charge in [-0.1, -0.05) is 23.4 Å². The molecule has 0 saturated carbocycles. The molecule has 1 amide bonds. The van der Waals surface area contributed by atoms with E-state index in [4.69, 9.17) is 13.7 Å². The Kier molecular flexibility index (Phi) is 5.91. The van der Waals surface area contributed by atoms with Gasteiger partial charge in [0.05, 0.1) is 19.0 Å². The number of nitrogens with zero attached hydrogens (tertiary/aromatic N) is 5. The van der Waals surface area contributed by atoms with Crippen molar-refractivity contribution in [2.24, 2.45) is 7.05 Å². The zero-order chi connectivity index (χ0) is 23.7. The van der Waals surface area contributed by atoms with Gasteiger partial charge in [0.1, 0.15) is 23.2 Å². The Bertz CT molecular complexity index is 1300. The Morgan fingerprint density at radius 3 is 2.91 bits per heavy atom. The van der Waals surface area contributed by atoms with Crippen molar-refractivity contribution in [3.8, 4) is 17.0 Å². The standard InChI is InChI=1S/C25H27N5O4/c1-16-19(15-29(2)27-16)20-13-23(34-28-20)25(31)30-11-7-6-9-21(30)24-26-14-18(33-24)12-17-8-4-5-10-22(17)32-3/h4-5,8,10,13-15,21H,6-7,9,11-12H2,1-3H3/t21-/m1/s1. The molecule has 1 saturated heterocycles. The van der Waals surface area contributed by atoms with E-state index in [0.29, 0.717) is 24.6 Å². The zero-order valence-electron chi connectivity index (χ0n) is 19.5. The summed E-state index contributed by atoms with van der Waals surface area (Å²) in [6.45, 7) is 2.51. The number of carbonyl (C=O) groups excluding carboxylic acids is 1. The lowest BCUT2D eigenvalue weighted by Gasteiger charge is -2.32. The minimum absolute atomic E-state index is 0.200. The lowest BCUT2D eigenvalue weighted by Crippen LogP contribution is -2.38. The lowest BCUT2D eigenvalue weighted by atomic mass is 10.0. The van der Waals surface area contributed by atoms with Crippen LogP contribution < -0.4 is 4.74 Å². The number of hydrogen-bond acceptors (Lipinski definition) is 7. The first kappa shape index (κ1) is 21.9. The Hall–Kier alpha value is -3.88. The highest BCUT2D eigenvalue weighted by Gasteiger charge is 2.34. The van der Waals surface area contributed by atoms with Crippen molar-refractivity contribution in [2.45, 2.75) is 38.6 Å². The van der Waals surface area contributed by atoms with E-state index < -0.39 is 0 Å². The molecule has 0 N–H and O–H groups in total.